The molecule has 1 atom stereocenters. The summed E-state index contributed by atoms with van der Waals surface area (Å²) in [5.41, 5.74) is -0.0656. The average Bonchev–Trinajstić information content (AvgIpc) is 3.13. The molecule has 23 heavy (non-hydrogen) atoms. The number of carboxylic acid groups (broad SMARTS) is 1. The number of nitrogens with zero attached hydrogens (tertiary/aromatic N) is 1. The molecule has 1 aromatic carbocycles. The van der Waals surface area contributed by atoms with Crippen LogP contribution in [0.3, 0.4) is 0 Å². The molecule has 6 heteroatoms. The first kappa shape index (κ1) is 15.5. The lowest BCUT2D eigenvalue weighted by molar-refractivity contribution is -0.150. The van der Waals surface area contributed by atoms with Gasteiger partial charge in [0.15, 0.2) is 0 Å². The maximum atomic E-state index is 14.0. The van der Waals surface area contributed by atoms with Crippen LogP contribution in [0, 0.1) is 0 Å². The standard InChI is InChI=1S/C17H19FN2O3/c18-17(16(22)23)8-9-20(11-17)15(21)7-3-4-12-10-19-14-6-2-1-5-13(12)14/h1-2,5-6,10,19H,3-4,7-9,11H2,(H,22,23). The van der Waals surface area contributed by atoms with Gasteiger partial charge in [0.2, 0.25) is 11.6 Å². The van der Waals surface area contributed by atoms with Crippen molar-refractivity contribution in [2.75, 3.05) is 13.1 Å². The summed E-state index contributed by atoms with van der Waals surface area (Å²) >= 11 is 0. The molecule has 1 unspecified atom stereocenters. The predicted molar refractivity (Wildman–Crippen MR) is 83.9 cm³/mol. The molecule has 1 fully saturated rings. The Bertz CT molecular complexity index is 742. The minimum absolute atomic E-state index is 0.128. The SMILES string of the molecule is O=C(CCCc1c[nH]c2ccccc12)N1CCC(F)(C(=O)O)C1. The summed E-state index contributed by atoms with van der Waals surface area (Å²) in [6, 6.07) is 7.97. The van der Waals surface area contributed by atoms with E-state index in [2.05, 4.69) is 4.98 Å². The van der Waals surface area contributed by atoms with Crippen LogP contribution in [-0.2, 0) is 16.0 Å². The number of aliphatic carboxylic acids is 1. The van der Waals surface area contributed by atoms with Crippen molar-refractivity contribution >= 4 is 22.8 Å². The largest absolute Gasteiger partial charge is 0.479 e. The third-order valence-electron chi connectivity index (χ3n) is 4.47. The molecule has 1 aliphatic heterocycles. The highest BCUT2D eigenvalue weighted by Crippen LogP contribution is 2.27. The predicted octanol–water partition coefficient (Wildman–Crippen LogP) is 2.52. The van der Waals surface area contributed by atoms with Gasteiger partial charge in [0, 0.05) is 36.5 Å². The van der Waals surface area contributed by atoms with Crippen LogP contribution in [0.5, 0.6) is 0 Å². The zero-order valence-electron chi connectivity index (χ0n) is 12.7. The van der Waals surface area contributed by atoms with E-state index in [-0.39, 0.29) is 25.4 Å². The fourth-order valence-electron chi connectivity index (χ4n) is 3.09. The van der Waals surface area contributed by atoms with Crippen molar-refractivity contribution in [3.05, 3.63) is 36.0 Å². The van der Waals surface area contributed by atoms with E-state index in [1.807, 2.05) is 30.5 Å². The van der Waals surface area contributed by atoms with Crippen LogP contribution in [0.1, 0.15) is 24.8 Å². The zero-order chi connectivity index (χ0) is 16.4. The van der Waals surface area contributed by atoms with E-state index in [1.165, 1.54) is 4.90 Å². The van der Waals surface area contributed by atoms with Gasteiger partial charge in [-0.25, -0.2) is 9.18 Å². The Morgan fingerprint density at radius 1 is 1.35 bits per heavy atom. The van der Waals surface area contributed by atoms with Gasteiger partial charge in [0.05, 0.1) is 6.54 Å². The number of benzene rings is 1. The lowest BCUT2D eigenvalue weighted by Gasteiger charge is -2.17. The first-order valence-electron chi connectivity index (χ1n) is 7.75. The third kappa shape index (κ3) is 3.06. The number of carbonyl (C=O) groups is 2. The summed E-state index contributed by atoms with van der Waals surface area (Å²) in [6.07, 6.45) is 3.53. The molecule has 0 saturated carbocycles. The number of likely N-dealkylation sites (tertiary alicyclic amines) is 1. The maximum absolute atomic E-state index is 14.0. The van der Waals surface area contributed by atoms with Crippen LogP contribution in [0.2, 0.25) is 0 Å². The molecule has 3 rings (SSSR count). The van der Waals surface area contributed by atoms with Gasteiger partial charge in [-0.2, -0.15) is 0 Å². The quantitative estimate of drug-likeness (QED) is 0.889. The highest BCUT2D eigenvalue weighted by molar-refractivity contribution is 5.84. The summed E-state index contributed by atoms with van der Waals surface area (Å²) in [6.45, 7) is -0.164. The van der Waals surface area contributed by atoms with Crippen molar-refractivity contribution in [2.24, 2.45) is 0 Å². The molecule has 1 saturated heterocycles. The van der Waals surface area contributed by atoms with Crippen LogP contribution < -0.4 is 0 Å². The van der Waals surface area contributed by atoms with Crippen LogP contribution in [-0.4, -0.2) is 45.6 Å². The molecular formula is C17H19FN2O3. The molecule has 2 N–H and O–H groups in total. The average molecular weight is 318 g/mol. The van der Waals surface area contributed by atoms with Crippen molar-refractivity contribution < 1.29 is 19.1 Å². The zero-order valence-corrected chi connectivity index (χ0v) is 12.7. The summed E-state index contributed by atoms with van der Waals surface area (Å²) in [5, 5.41) is 10.0. The van der Waals surface area contributed by atoms with Crippen LogP contribution >= 0.6 is 0 Å². The minimum Gasteiger partial charge on any atom is -0.479 e. The van der Waals surface area contributed by atoms with Gasteiger partial charge in [-0.1, -0.05) is 18.2 Å². The summed E-state index contributed by atoms with van der Waals surface area (Å²) in [5.74, 6) is -1.66. The Labute approximate surface area is 133 Å². The summed E-state index contributed by atoms with van der Waals surface area (Å²) in [4.78, 5) is 27.5. The number of aromatic amines is 1. The smallest absolute Gasteiger partial charge is 0.343 e. The summed E-state index contributed by atoms with van der Waals surface area (Å²) in [7, 11) is 0. The van der Waals surface area contributed by atoms with Crippen LogP contribution in [0.25, 0.3) is 10.9 Å². The monoisotopic (exact) mass is 318 g/mol. The lowest BCUT2D eigenvalue weighted by atomic mass is 10.1. The number of aryl methyl sites for hydroxylation is 1. The van der Waals surface area contributed by atoms with E-state index in [1.54, 1.807) is 0 Å². The van der Waals surface area contributed by atoms with Crippen molar-refractivity contribution in [1.29, 1.82) is 0 Å². The second kappa shape index (κ2) is 6.02. The molecule has 2 aromatic rings. The molecule has 1 amide bonds. The number of carbonyl (C=O) groups excluding carboxylic acids is 1. The molecule has 2 heterocycles. The molecule has 0 aliphatic carbocycles. The van der Waals surface area contributed by atoms with E-state index in [0.29, 0.717) is 12.8 Å². The number of hydrogen-bond donors (Lipinski definition) is 2. The van der Waals surface area contributed by atoms with Crippen molar-refractivity contribution in [3.63, 3.8) is 0 Å². The Hall–Kier alpha value is -2.37. The van der Waals surface area contributed by atoms with Gasteiger partial charge in [-0.3, -0.25) is 4.79 Å². The minimum atomic E-state index is -2.29. The van der Waals surface area contributed by atoms with E-state index < -0.39 is 11.6 Å². The number of nitrogens with one attached hydrogen (secondary N) is 1. The normalized spacial score (nSPS) is 21.0. The van der Waals surface area contributed by atoms with Crippen molar-refractivity contribution in [2.45, 2.75) is 31.4 Å². The first-order valence-corrected chi connectivity index (χ1v) is 7.75. The summed E-state index contributed by atoms with van der Waals surface area (Å²) < 4.78 is 14.0. The molecule has 1 aliphatic rings. The number of fused-ring (bicyclic) bond motifs is 1. The number of hydrogen-bond acceptors (Lipinski definition) is 2. The fraction of sp³-hybridized carbons (Fsp3) is 0.412. The highest BCUT2D eigenvalue weighted by Gasteiger charge is 2.46. The molecular weight excluding hydrogens is 299 g/mol. The number of amides is 1. The van der Waals surface area contributed by atoms with Gasteiger partial charge in [-0.05, 0) is 24.5 Å². The number of rotatable bonds is 5. The number of H-pyrrole nitrogens is 1. The number of carboxylic acids is 1. The van der Waals surface area contributed by atoms with Gasteiger partial charge in [-0.15, -0.1) is 0 Å². The molecule has 1 aromatic heterocycles. The number of aromatic nitrogens is 1. The fourth-order valence-corrected chi connectivity index (χ4v) is 3.09. The Morgan fingerprint density at radius 3 is 2.87 bits per heavy atom. The Kier molecular flexibility index (Phi) is 4.07. The van der Waals surface area contributed by atoms with E-state index in [9.17, 15) is 14.0 Å². The van der Waals surface area contributed by atoms with Crippen molar-refractivity contribution in [1.82, 2.24) is 9.88 Å². The number of halogens is 1. The molecule has 0 radical (unpaired) electrons. The topological polar surface area (TPSA) is 73.4 Å². The van der Waals surface area contributed by atoms with Crippen LogP contribution in [0.4, 0.5) is 4.39 Å². The van der Waals surface area contributed by atoms with E-state index >= 15 is 0 Å². The van der Waals surface area contributed by atoms with Gasteiger partial charge >= 0.3 is 5.97 Å². The van der Waals surface area contributed by atoms with Gasteiger partial charge < -0.3 is 15.0 Å². The number of para-hydroxylation sites is 1. The second-order valence-electron chi connectivity index (χ2n) is 6.05. The Morgan fingerprint density at radius 2 is 2.13 bits per heavy atom. The second-order valence-corrected chi connectivity index (χ2v) is 6.05. The molecule has 0 spiro atoms. The van der Waals surface area contributed by atoms with Crippen molar-refractivity contribution in [3.8, 4) is 0 Å². The van der Waals surface area contributed by atoms with Crippen LogP contribution in [0.15, 0.2) is 30.5 Å². The van der Waals surface area contributed by atoms with E-state index in [0.717, 1.165) is 22.9 Å². The first-order chi connectivity index (χ1) is 11.0. The molecule has 0 bridgehead atoms. The lowest BCUT2D eigenvalue weighted by Crippen LogP contribution is -2.38. The number of alkyl halides is 1. The van der Waals surface area contributed by atoms with Gasteiger partial charge in [0.25, 0.3) is 0 Å². The third-order valence-corrected chi connectivity index (χ3v) is 4.47. The Balaban J connectivity index is 1.53. The molecule has 122 valence electrons. The highest BCUT2D eigenvalue weighted by atomic mass is 19.1. The maximum Gasteiger partial charge on any atom is 0.343 e. The molecule has 5 nitrogen and oxygen atoms in total. The van der Waals surface area contributed by atoms with E-state index in [4.69, 9.17) is 5.11 Å². The van der Waals surface area contributed by atoms with Gasteiger partial charge in [0.1, 0.15) is 0 Å².